The van der Waals surface area contributed by atoms with E-state index in [2.05, 4.69) is 25.5 Å². The highest BCUT2D eigenvalue weighted by atomic mass is 32.2. The van der Waals surface area contributed by atoms with Gasteiger partial charge in [-0.3, -0.25) is 9.59 Å². The molecule has 2 aromatic heterocycles. The smallest absolute Gasteiger partial charge is 0.270 e. The van der Waals surface area contributed by atoms with Crippen molar-refractivity contribution in [1.29, 1.82) is 0 Å². The van der Waals surface area contributed by atoms with E-state index in [-0.39, 0.29) is 34.8 Å². The van der Waals surface area contributed by atoms with Gasteiger partial charge in [0.05, 0.1) is 4.90 Å². The van der Waals surface area contributed by atoms with E-state index in [1.165, 1.54) is 12.1 Å². The molecule has 2 amide bonds. The number of aromatic nitrogens is 2. The van der Waals surface area contributed by atoms with Crippen molar-refractivity contribution in [1.82, 2.24) is 20.6 Å². The lowest BCUT2D eigenvalue weighted by Crippen LogP contribution is -2.45. The normalized spacial score (nSPS) is 14.4. The summed E-state index contributed by atoms with van der Waals surface area (Å²) < 4.78 is 23.1. The Labute approximate surface area is 204 Å². The van der Waals surface area contributed by atoms with Gasteiger partial charge in [0.15, 0.2) is 9.84 Å². The Morgan fingerprint density at radius 3 is 2.26 bits per heavy atom. The molecule has 35 heavy (non-hydrogen) atoms. The fourth-order valence-electron chi connectivity index (χ4n) is 3.87. The van der Waals surface area contributed by atoms with E-state index < -0.39 is 15.7 Å². The molecule has 9 nitrogen and oxygen atoms in total. The Kier molecular flexibility index (Phi) is 7.40. The molecule has 1 aliphatic rings. The summed E-state index contributed by atoms with van der Waals surface area (Å²) in [5, 5.41) is 5.77. The van der Waals surface area contributed by atoms with Gasteiger partial charge >= 0.3 is 0 Å². The van der Waals surface area contributed by atoms with Crippen molar-refractivity contribution in [2.24, 2.45) is 0 Å². The number of rotatable bonds is 7. The molecular formula is C25H27N5O4S. The maximum atomic E-state index is 12.8. The number of nitrogens with zero attached hydrogens (tertiary/aromatic N) is 3. The summed E-state index contributed by atoms with van der Waals surface area (Å²) >= 11 is 0. The Morgan fingerprint density at radius 1 is 0.943 bits per heavy atom. The van der Waals surface area contributed by atoms with Crippen LogP contribution in [0, 0.1) is 0 Å². The molecule has 182 valence electrons. The molecule has 2 N–H and O–H groups in total. The summed E-state index contributed by atoms with van der Waals surface area (Å²) in [6, 6.07) is 16.9. The molecule has 0 unspecified atom stereocenters. The van der Waals surface area contributed by atoms with Gasteiger partial charge in [-0.05, 0) is 54.8 Å². The second-order valence-corrected chi connectivity index (χ2v) is 10.4. The highest BCUT2D eigenvalue weighted by Gasteiger charge is 2.22. The number of nitrogens with one attached hydrogen (secondary N) is 2. The van der Waals surface area contributed by atoms with Gasteiger partial charge in [0.25, 0.3) is 11.8 Å². The van der Waals surface area contributed by atoms with Crippen LogP contribution in [0.3, 0.4) is 0 Å². The summed E-state index contributed by atoms with van der Waals surface area (Å²) in [6.45, 7) is 1.79. The predicted molar refractivity (Wildman–Crippen MR) is 132 cm³/mol. The Balaban J connectivity index is 1.30. The fourth-order valence-corrected chi connectivity index (χ4v) is 4.50. The summed E-state index contributed by atoms with van der Waals surface area (Å²) in [6.07, 6.45) is 4.50. The highest BCUT2D eigenvalue weighted by Crippen LogP contribution is 2.17. The van der Waals surface area contributed by atoms with Crippen LogP contribution in [0.15, 0.2) is 71.8 Å². The maximum absolute atomic E-state index is 12.8. The lowest BCUT2D eigenvalue weighted by Gasteiger charge is -2.33. The van der Waals surface area contributed by atoms with E-state index in [1.54, 1.807) is 36.5 Å². The zero-order valence-corrected chi connectivity index (χ0v) is 20.2. The molecule has 3 heterocycles. The van der Waals surface area contributed by atoms with Crippen LogP contribution in [-0.2, 0) is 16.4 Å². The van der Waals surface area contributed by atoms with E-state index in [0.29, 0.717) is 0 Å². The lowest BCUT2D eigenvalue weighted by atomic mass is 10.0. The summed E-state index contributed by atoms with van der Waals surface area (Å²) in [7, 11) is -3.27. The average molecular weight is 494 g/mol. The van der Waals surface area contributed by atoms with Gasteiger partial charge in [-0.15, -0.1) is 0 Å². The third kappa shape index (κ3) is 6.42. The van der Waals surface area contributed by atoms with Gasteiger partial charge in [0.2, 0.25) is 0 Å². The molecule has 0 saturated carbocycles. The Bertz CT molecular complexity index is 1290. The molecular weight excluding hydrogens is 466 g/mol. The number of carbonyl (C=O) groups excluding carboxylic acids is 2. The second-order valence-electron chi connectivity index (χ2n) is 8.43. The van der Waals surface area contributed by atoms with Crippen LogP contribution < -0.4 is 15.5 Å². The van der Waals surface area contributed by atoms with Crippen molar-refractivity contribution in [2.45, 2.75) is 30.3 Å². The minimum absolute atomic E-state index is 0.0247. The van der Waals surface area contributed by atoms with Crippen LogP contribution in [0.2, 0.25) is 0 Å². The average Bonchev–Trinajstić information content (AvgIpc) is 2.88. The molecule has 0 radical (unpaired) electrons. The van der Waals surface area contributed by atoms with Gasteiger partial charge in [-0.2, -0.15) is 0 Å². The molecule has 0 aliphatic carbocycles. The van der Waals surface area contributed by atoms with Crippen LogP contribution in [0.5, 0.6) is 0 Å². The third-order valence-corrected chi connectivity index (χ3v) is 6.95. The molecule has 4 rings (SSSR count). The van der Waals surface area contributed by atoms with Gasteiger partial charge in [-0.25, -0.2) is 18.4 Å². The van der Waals surface area contributed by atoms with Gasteiger partial charge in [-0.1, -0.05) is 24.3 Å². The molecule has 10 heteroatoms. The number of anilines is 1. The molecule has 0 atom stereocenters. The van der Waals surface area contributed by atoms with E-state index in [1.807, 2.05) is 18.2 Å². The molecule has 0 spiro atoms. The van der Waals surface area contributed by atoms with Crippen LogP contribution in [0.25, 0.3) is 0 Å². The number of benzene rings is 1. The van der Waals surface area contributed by atoms with Gasteiger partial charge < -0.3 is 15.5 Å². The molecule has 1 aromatic carbocycles. The predicted octanol–water partition coefficient (Wildman–Crippen LogP) is 2.21. The van der Waals surface area contributed by atoms with Crippen LogP contribution in [0.4, 0.5) is 5.82 Å². The van der Waals surface area contributed by atoms with Crippen LogP contribution >= 0.6 is 0 Å². The number of amides is 2. The standard InChI is InChI=1S/C25H27N5O4S/c1-35(33,34)20-10-8-18(9-11-20)17-27-24(31)21-5-4-6-22(29-21)25(32)28-19-12-15-30(16-13-19)23-7-2-3-14-26-23/h2-11,14,19H,12-13,15-17H2,1H3,(H,27,31)(H,28,32). The first-order valence-electron chi connectivity index (χ1n) is 11.3. The monoisotopic (exact) mass is 493 g/mol. The first kappa shape index (κ1) is 24.3. The fraction of sp³-hybridized carbons (Fsp3) is 0.280. The molecule has 1 fully saturated rings. The highest BCUT2D eigenvalue weighted by molar-refractivity contribution is 7.90. The number of piperidine rings is 1. The number of sulfone groups is 1. The molecule has 1 saturated heterocycles. The SMILES string of the molecule is CS(=O)(=O)c1ccc(CNC(=O)c2cccc(C(=O)NC3CCN(c4ccccn4)CC3)n2)cc1. The first-order chi connectivity index (χ1) is 16.8. The summed E-state index contributed by atoms with van der Waals surface area (Å²) in [5.74, 6) is 0.201. The van der Waals surface area contributed by atoms with Crippen molar-refractivity contribution in [2.75, 3.05) is 24.2 Å². The third-order valence-electron chi connectivity index (χ3n) is 5.82. The van der Waals surface area contributed by atoms with Gasteiger partial charge in [0, 0.05) is 38.1 Å². The minimum Gasteiger partial charge on any atom is -0.356 e. The van der Waals surface area contributed by atoms with Gasteiger partial charge in [0.1, 0.15) is 17.2 Å². The quantitative estimate of drug-likeness (QED) is 0.518. The van der Waals surface area contributed by atoms with E-state index in [4.69, 9.17) is 0 Å². The van der Waals surface area contributed by atoms with Crippen molar-refractivity contribution in [3.05, 3.63) is 83.8 Å². The Morgan fingerprint density at radius 2 is 1.63 bits per heavy atom. The van der Waals surface area contributed by atoms with Crippen LogP contribution in [-0.4, -0.2) is 55.6 Å². The van der Waals surface area contributed by atoms with E-state index in [9.17, 15) is 18.0 Å². The molecule has 3 aromatic rings. The Hall–Kier alpha value is -3.79. The lowest BCUT2D eigenvalue weighted by molar-refractivity contribution is 0.0925. The maximum Gasteiger partial charge on any atom is 0.270 e. The van der Waals surface area contributed by atoms with E-state index in [0.717, 1.165) is 43.6 Å². The zero-order chi connectivity index (χ0) is 24.8. The molecule has 0 bridgehead atoms. The number of hydrogen-bond acceptors (Lipinski definition) is 7. The number of hydrogen-bond donors (Lipinski definition) is 2. The summed E-state index contributed by atoms with van der Waals surface area (Å²) in [5.41, 5.74) is 1.06. The van der Waals surface area contributed by atoms with Crippen molar-refractivity contribution in [3.8, 4) is 0 Å². The second kappa shape index (κ2) is 10.6. The number of pyridine rings is 2. The number of carbonyl (C=O) groups is 2. The first-order valence-corrected chi connectivity index (χ1v) is 13.2. The minimum atomic E-state index is -3.27. The molecule has 1 aliphatic heterocycles. The zero-order valence-electron chi connectivity index (χ0n) is 19.3. The topological polar surface area (TPSA) is 121 Å². The van der Waals surface area contributed by atoms with Crippen molar-refractivity contribution >= 4 is 27.5 Å². The van der Waals surface area contributed by atoms with Crippen LogP contribution in [0.1, 0.15) is 39.4 Å². The summed E-state index contributed by atoms with van der Waals surface area (Å²) in [4.78, 5) is 36.3. The van der Waals surface area contributed by atoms with Crippen molar-refractivity contribution in [3.63, 3.8) is 0 Å². The van der Waals surface area contributed by atoms with E-state index >= 15 is 0 Å². The largest absolute Gasteiger partial charge is 0.356 e. The van der Waals surface area contributed by atoms with Crippen molar-refractivity contribution < 1.29 is 18.0 Å².